The number of anilines is 2. The summed E-state index contributed by atoms with van der Waals surface area (Å²) in [6, 6.07) is 3.46. The third-order valence-electron chi connectivity index (χ3n) is 4.17. The second-order valence-corrected chi connectivity index (χ2v) is 5.59. The van der Waals surface area contributed by atoms with Gasteiger partial charge in [0.05, 0.1) is 11.4 Å². The van der Waals surface area contributed by atoms with E-state index in [4.69, 9.17) is 15.2 Å². The minimum absolute atomic E-state index is 0.0541. The first-order chi connectivity index (χ1) is 9.65. The number of nitrogens with two attached hydrogens (primary N) is 1. The highest BCUT2D eigenvalue weighted by Crippen LogP contribution is 2.38. The predicted molar refractivity (Wildman–Crippen MR) is 77.0 cm³/mol. The Labute approximate surface area is 118 Å². The van der Waals surface area contributed by atoms with Crippen LogP contribution in [0.2, 0.25) is 0 Å². The maximum absolute atomic E-state index is 12.3. The Kier molecular flexibility index (Phi) is 3.42. The van der Waals surface area contributed by atoms with Crippen LogP contribution in [0, 0.1) is 11.8 Å². The molecular weight excluding hydrogens is 256 g/mol. The number of nitrogens with one attached hydrogen (secondary N) is 1. The third-order valence-corrected chi connectivity index (χ3v) is 4.17. The van der Waals surface area contributed by atoms with Gasteiger partial charge in [0.25, 0.3) is 0 Å². The van der Waals surface area contributed by atoms with Crippen molar-refractivity contribution in [3.8, 4) is 11.5 Å². The van der Waals surface area contributed by atoms with Crippen molar-refractivity contribution in [1.82, 2.24) is 0 Å². The highest BCUT2D eigenvalue weighted by molar-refractivity contribution is 5.96. The molecule has 1 aliphatic carbocycles. The summed E-state index contributed by atoms with van der Waals surface area (Å²) in [6.45, 7) is 3.17. The van der Waals surface area contributed by atoms with Crippen molar-refractivity contribution in [3.63, 3.8) is 0 Å². The molecule has 1 aromatic carbocycles. The van der Waals surface area contributed by atoms with Gasteiger partial charge in [-0.25, -0.2) is 0 Å². The monoisotopic (exact) mass is 276 g/mol. The van der Waals surface area contributed by atoms with Gasteiger partial charge in [0.2, 0.25) is 5.91 Å². The number of carbonyl (C=O) groups excluding carboxylic acids is 1. The van der Waals surface area contributed by atoms with Crippen molar-refractivity contribution < 1.29 is 14.3 Å². The summed E-state index contributed by atoms with van der Waals surface area (Å²) in [5.74, 6) is 1.86. The van der Waals surface area contributed by atoms with Gasteiger partial charge >= 0.3 is 0 Å². The fraction of sp³-hybridized carbons (Fsp3) is 0.533. The number of carbonyl (C=O) groups is 1. The predicted octanol–water partition coefficient (Wildman–Crippen LogP) is 2.41. The Balaban J connectivity index is 1.78. The summed E-state index contributed by atoms with van der Waals surface area (Å²) in [7, 11) is 0. The number of hydrogen-bond donors (Lipinski definition) is 2. The van der Waals surface area contributed by atoms with E-state index in [1.165, 1.54) is 0 Å². The van der Waals surface area contributed by atoms with Gasteiger partial charge in [-0.2, -0.15) is 0 Å². The third kappa shape index (κ3) is 2.40. The maximum atomic E-state index is 12.3. The van der Waals surface area contributed by atoms with E-state index in [9.17, 15) is 4.79 Å². The molecule has 1 aliphatic heterocycles. The molecule has 3 N–H and O–H groups in total. The lowest BCUT2D eigenvalue weighted by atomic mass is 9.97. The van der Waals surface area contributed by atoms with Crippen molar-refractivity contribution >= 4 is 17.3 Å². The SMILES string of the molecule is CC1CCCC1C(=O)Nc1cc2c(cc1N)OCCO2. The van der Waals surface area contributed by atoms with Crippen molar-refractivity contribution in [2.24, 2.45) is 11.8 Å². The van der Waals surface area contributed by atoms with Crippen molar-refractivity contribution in [2.45, 2.75) is 26.2 Å². The van der Waals surface area contributed by atoms with Crippen molar-refractivity contribution in [2.75, 3.05) is 24.3 Å². The zero-order chi connectivity index (χ0) is 14.1. The molecular formula is C15H20N2O3. The van der Waals surface area contributed by atoms with Crippen LogP contribution in [0.3, 0.4) is 0 Å². The van der Waals surface area contributed by atoms with Crippen LogP contribution in [0.1, 0.15) is 26.2 Å². The number of benzene rings is 1. The van der Waals surface area contributed by atoms with Crippen LogP contribution in [-0.4, -0.2) is 19.1 Å². The quantitative estimate of drug-likeness (QED) is 0.814. The molecule has 5 nitrogen and oxygen atoms in total. The van der Waals surface area contributed by atoms with E-state index in [2.05, 4.69) is 12.2 Å². The van der Waals surface area contributed by atoms with Crippen LogP contribution in [-0.2, 0) is 4.79 Å². The van der Waals surface area contributed by atoms with E-state index < -0.39 is 0 Å². The van der Waals surface area contributed by atoms with Crippen molar-refractivity contribution in [1.29, 1.82) is 0 Å². The van der Waals surface area contributed by atoms with Crippen LogP contribution in [0.15, 0.2) is 12.1 Å². The molecule has 2 atom stereocenters. The molecule has 0 radical (unpaired) electrons. The lowest BCUT2D eigenvalue weighted by Gasteiger charge is -2.21. The Hall–Kier alpha value is -1.91. The molecule has 108 valence electrons. The largest absolute Gasteiger partial charge is 0.486 e. The van der Waals surface area contributed by atoms with Gasteiger partial charge in [0, 0.05) is 18.1 Å². The first kappa shape index (κ1) is 13.1. The van der Waals surface area contributed by atoms with Gasteiger partial charge in [0.1, 0.15) is 13.2 Å². The number of fused-ring (bicyclic) bond motifs is 1. The number of rotatable bonds is 2. The summed E-state index contributed by atoms with van der Waals surface area (Å²) >= 11 is 0. The summed E-state index contributed by atoms with van der Waals surface area (Å²) in [5, 5.41) is 2.93. The number of nitrogen functional groups attached to an aromatic ring is 1. The molecule has 2 aliphatic rings. The van der Waals surface area contributed by atoms with Gasteiger partial charge < -0.3 is 20.5 Å². The van der Waals surface area contributed by atoms with Crippen molar-refractivity contribution in [3.05, 3.63) is 12.1 Å². The standard InChI is InChI=1S/C15H20N2O3/c1-9-3-2-4-10(9)15(18)17-12-8-14-13(7-11(12)16)19-5-6-20-14/h7-10H,2-6,16H2,1H3,(H,17,18). The maximum Gasteiger partial charge on any atom is 0.227 e. The zero-order valence-corrected chi connectivity index (χ0v) is 11.6. The average molecular weight is 276 g/mol. The molecule has 5 heteroatoms. The lowest BCUT2D eigenvalue weighted by molar-refractivity contribution is -0.120. The average Bonchev–Trinajstić information content (AvgIpc) is 2.86. The first-order valence-corrected chi connectivity index (χ1v) is 7.15. The lowest BCUT2D eigenvalue weighted by Crippen LogP contribution is -2.25. The van der Waals surface area contributed by atoms with Gasteiger partial charge in [-0.3, -0.25) is 4.79 Å². The van der Waals surface area contributed by atoms with E-state index >= 15 is 0 Å². The Morgan fingerprint density at radius 1 is 1.25 bits per heavy atom. The molecule has 0 bridgehead atoms. The smallest absolute Gasteiger partial charge is 0.227 e. The highest BCUT2D eigenvalue weighted by atomic mass is 16.6. The van der Waals surface area contributed by atoms with Gasteiger partial charge in [-0.1, -0.05) is 13.3 Å². The van der Waals surface area contributed by atoms with E-state index in [0.717, 1.165) is 19.3 Å². The molecule has 1 fully saturated rings. The molecule has 3 rings (SSSR count). The minimum atomic E-state index is 0.0541. The second kappa shape index (κ2) is 5.23. The first-order valence-electron chi connectivity index (χ1n) is 7.15. The Bertz CT molecular complexity index is 530. The fourth-order valence-corrected chi connectivity index (χ4v) is 2.97. The van der Waals surface area contributed by atoms with Crippen LogP contribution in [0.4, 0.5) is 11.4 Å². The molecule has 1 saturated carbocycles. The topological polar surface area (TPSA) is 73.6 Å². The Morgan fingerprint density at radius 2 is 1.95 bits per heavy atom. The summed E-state index contributed by atoms with van der Waals surface area (Å²) in [4.78, 5) is 12.3. The van der Waals surface area contributed by atoms with Gasteiger partial charge in [-0.05, 0) is 18.8 Å². The molecule has 1 heterocycles. The number of ether oxygens (including phenoxy) is 2. The van der Waals surface area contributed by atoms with Gasteiger partial charge in [-0.15, -0.1) is 0 Å². The van der Waals surface area contributed by atoms with Crippen LogP contribution >= 0.6 is 0 Å². The van der Waals surface area contributed by atoms with Crippen LogP contribution < -0.4 is 20.5 Å². The van der Waals surface area contributed by atoms with Gasteiger partial charge in [0.15, 0.2) is 11.5 Å². The second-order valence-electron chi connectivity index (χ2n) is 5.59. The van der Waals surface area contributed by atoms with E-state index in [1.54, 1.807) is 12.1 Å². The summed E-state index contributed by atoms with van der Waals surface area (Å²) < 4.78 is 11.0. The zero-order valence-electron chi connectivity index (χ0n) is 11.6. The molecule has 1 aromatic rings. The fourth-order valence-electron chi connectivity index (χ4n) is 2.97. The summed E-state index contributed by atoms with van der Waals surface area (Å²) in [5.41, 5.74) is 7.09. The highest BCUT2D eigenvalue weighted by Gasteiger charge is 2.30. The number of hydrogen-bond acceptors (Lipinski definition) is 4. The molecule has 0 aromatic heterocycles. The summed E-state index contributed by atoms with van der Waals surface area (Å²) in [6.07, 6.45) is 3.20. The normalized spacial score (nSPS) is 24.4. The molecule has 0 saturated heterocycles. The van der Waals surface area contributed by atoms with E-state index in [0.29, 0.717) is 42.0 Å². The minimum Gasteiger partial charge on any atom is -0.486 e. The van der Waals surface area contributed by atoms with Crippen LogP contribution in [0.5, 0.6) is 11.5 Å². The molecule has 2 unspecified atom stereocenters. The van der Waals surface area contributed by atoms with E-state index in [-0.39, 0.29) is 11.8 Å². The molecule has 0 spiro atoms. The molecule has 20 heavy (non-hydrogen) atoms. The van der Waals surface area contributed by atoms with E-state index in [1.807, 2.05) is 0 Å². The number of amides is 1. The molecule has 1 amide bonds. The van der Waals surface area contributed by atoms with Crippen LogP contribution in [0.25, 0.3) is 0 Å². The Morgan fingerprint density at radius 3 is 2.60 bits per heavy atom.